The predicted molar refractivity (Wildman–Crippen MR) is 74.7 cm³/mol. The monoisotopic (exact) mass is 253 g/mol. The molecule has 1 aromatic rings. The molecule has 0 saturated heterocycles. The van der Waals surface area contributed by atoms with Crippen LogP contribution in [0.15, 0.2) is 18.2 Å². The Morgan fingerprint density at radius 3 is 2.76 bits per heavy atom. The van der Waals surface area contributed by atoms with Crippen LogP contribution in [0.3, 0.4) is 0 Å². The van der Waals surface area contributed by atoms with Crippen LogP contribution < -0.4 is 10.5 Å². The molecule has 0 unspecified atom stereocenters. The van der Waals surface area contributed by atoms with Crippen molar-refractivity contribution in [2.45, 2.75) is 26.7 Å². The van der Waals surface area contributed by atoms with E-state index in [-0.39, 0.29) is 0 Å². The van der Waals surface area contributed by atoms with Crippen molar-refractivity contribution in [2.24, 2.45) is 5.73 Å². The van der Waals surface area contributed by atoms with Gasteiger partial charge in [0.25, 0.3) is 0 Å². The van der Waals surface area contributed by atoms with Crippen LogP contribution in [0.2, 0.25) is 5.02 Å². The zero-order valence-corrected chi connectivity index (χ0v) is 11.5. The molecule has 1 aromatic carbocycles. The fourth-order valence-corrected chi connectivity index (χ4v) is 2.02. The smallest absolute Gasteiger partial charge is 0.137 e. The van der Waals surface area contributed by atoms with Crippen LogP contribution in [0.1, 0.15) is 30.9 Å². The quantitative estimate of drug-likeness (QED) is 0.810. The summed E-state index contributed by atoms with van der Waals surface area (Å²) in [5.41, 5.74) is 9.06. The van der Waals surface area contributed by atoms with E-state index in [0.717, 1.165) is 25.1 Å². The molecule has 0 spiro atoms. The highest BCUT2D eigenvalue weighted by Crippen LogP contribution is 2.31. The van der Waals surface area contributed by atoms with Gasteiger partial charge in [0, 0.05) is 0 Å². The van der Waals surface area contributed by atoms with Crippen LogP contribution >= 0.6 is 11.6 Å². The topological polar surface area (TPSA) is 35.2 Å². The number of nitrogens with two attached hydrogens (primary N) is 1. The van der Waals surface area contributed by atoms with E-state index >= 15 is 0 Å². The average molecular weight is 254 g/mol. The average Bonchev–Trinajstić information content (AvgIpc) is 2.31. The number of unbranched alkanes of at least 4 members (excludes halogenated alkanes) is 1. The number of aryl methyl sites for hydroxylation is 1. The van der Waals surface area contributed by atoms with E-state index < -0.39 is 0 Å². The highest BCUT2D eigenvalue weighted by molar-refractivity contribution is 6.32. The molecule has 0 heterocycles. The summed E-state index contributed by atoms with van der Waals surface area (Å²) < 4.78 is 5.19. The molecule has 0 aliphatic heterocycles. The van der Waals surface area contributed by atoms with E-state index in [1.807, 2.05) is 12.1 Å². The van der Waals surface area contributed by atoms with Crippen molar-refractivity contribution >= 4 is 17.2 Å². The normalized spacial score (nSPS) is 11.7. The molecule has 0 saturated carbocycles. The lowest BCUT2D eigenvalue weighted by Gasteiger charge is -2.10. The maximum Gasteiger partial charge on any atom is 0.137 e. The molecule has 0 fully saturated rings. The molecule has 94 valence electrons. The van der Waals surface area contributed by atoms with Crippen molar-refractivity contribution < 1.29 is 4.74 Å². The number of methoxy groups -OCH3 is 1. The van der Waals surface area contributed by atoms with E-state index in [4.69, 9.17) is 22.1 Å². The first kappa shape index (κ1) is 14.1. The molecular formula is C14H20ClNO. The van der Waals surface area contributed by atoms with Crippen molar-refractivity contribution in [3.8, 4) is 5.75 Å². The fraction of sp³-hybridized carbons (Fsp3) is 0.429. The van der Waals surface area contributed by atoms with Gasteiger partial charge in [0.15, 0.2) is 0 Å². The van der Waals surface area contributed by atoms with Crippen LogP contribution in [0.5, 0.6) is 5.75 Å². The van der Waals surface area contributed by atoms with Gasteiger partial charge in [-0.2, -0.15) is 0 Å². The second kappa shape index (κ2) is 6.67. The van der Waals surface area contributed by atoms with Crippen molar-refractivity contribution in [1.29, 1.82) is 0 Å². The predicted octanol–water partition coefficient (Wildman–Crippen LogP) is 3.80. The second-order valence-electron chi connectivity index (χ2n) is 4.12. The summed E-state index contributed by atoms with van der Waals surface area (Å²) >= 11 is 6.13. The Hall–Kier alpha value is -0.990. The van der Waals surface area contributed by atoms with Gasteiger partial charge in [-0.15, -0.1) is 0 Å². The fourth-order valence-electron chi connectivity index (χ4n) is 1.78. The summed E-state index contributed by atoms with van der Waals surface area (Å²) in [6.45, 7) is 4.89. The van der Waals surface area contributed by atoms with E-state index in [2.05, 4.69) is 19.9 Å². The van der Waals surface area contributed by atoms with Crippen LogP contribution in [-0.4, -0.2) is 13.7 Å². The van der Waals surface area contributed by atoms with Gasteiger partial charge < -0.3 is 10.5 Å². The van der Waals surface area contributed by atoms with Crippen LogP contribution in [0.25, 0.3) is 5.57 Å². The molecule has 0 radical (unpaired) electrons. The number of ether oxygens (including phenoxy) is 1. The summed E-state index contributed by atoms with van der Waals surface area (Å²) in [7, 11) is 1.63. The minimum Gasteiger partial charge on any atom is -0.495 e. The summed E-state index contributed by atoms with van der Waals surface area (Å²) in [5.74, 6) is 0.725. The largest absolute Gasteiger partial charge is 0.495 e. The SMILES string of the molecule is COc1cc(C)c(/C(C)=C/CCCN)cc1Cl. The summed E-state index contributed by atoms with van der Waals surface area (Å²) in [4.78, 5) is 0. The Labute approximate surface area is 108 Å². The van der Waals surface area contributed by atoms with Crippen LogP contribution in [0.4, 0.5) is 0 Å². The molecule has 17 heavy (non-hydrogen) atoms. The van der Waals surface area contributed by atoms with Gasteiger partial charge in [-0.3, -0.25) is 0 Å². The Morgan fingerprint density at radius 1 is 1.47 bits per heavy atom. The maximum atomic E-state index is 6.13. The molecule has 0 amide bonds. The number of allylic oxidation sites excluding steroid dienone is 2. The van der Waals surface area contributed by atoms with Crippen molar-refractivity contribution in [3.05, 3.63) is 34.4 Å². The van der Waals surface area contributed by atoms with Crippen molar-refractivity contribution in [3.63, 3.8) is 0 Å². The van der Waals surface area contributed by atoms with E-state index in [0.29, 0.717) is 5.02 Å². The first-order valence-corrected chi connectivity index (χ1v) is 6.19. The molecular weight excluding hydrogens is 234 g/mol. The minimum absolute atomic E-state index is 0.652. The summed E-state index contributed by atoms with van der Waals surface area (Å²) in [6.07, 6.45) is 4.23. The maximum absolute atomic E-state index is 6.13. The Bertz CT molecular complexity index is 413. The van der Waals surface area contributed by atoms with Crippen LogP contribution in [-0.2, 0) is 0 Å². The molecule has 2 nitrogen and oxygen atoms in total. The third kappa shape index (κ3) is 3.76. The van der Waals surface area contributed by atoms with Crippen LogP contribution in [0, 0.1) is 6.92 Å². The summed E-state index contributed by atoms with van der Waals surface area (Å²) in [6, 6.07) is 3.93. The Kier molecular flexibility index (Phi) is 5.52. The van der Waals surface area contributed by atoms with Gasteiger partial charge in [0.1, 0.15) is 5.75 Å². The third-order valence-corrected chi connectivity index (χ3v) is 3.08. The number of benzene rings is 1. The molecule has 3 heteroatoms. The minimum atomic E-state index is 0.652. The van der Waals surface area contributed by atoms with Gasteiger partial charge in [0.05, 0.1) is 12.1 Å². The van der Waals surface area contributed by atoms with Gasteiger partial charge in [-0.25, -0.2) is 0 Å². The number of hydrogen-bond acceptors (Lipinski definition) is 2. The van der Waals surface area contributed by atoms with E-state index in [1.165, 1.54) is 16.7 Å². The zero-order valence-electron chi connectivity index (χ0n) is 10.7. The second-order valence-corrected chi connectivity index (χ2v) is 4.53. The van der Waals surface area contributed by atoms with E-state index in [9.17, 15) is 0 Å². The first-order valence-electron chi connectivity index (χ1n) is 5.81. The van der Waals surface area contributed by atoms with Gasteiger partial charge in [-0.1, -0.05) is 17.7 Å². The van der Waals surface area contributed by atoms with Gasteiger partial charge in [-0.05, 0) is 62.1 Å². The summed E-state index contributed by atoms with van der Waals surface area (Å²) in [5, 5.41) is 0.652. The highest BCUT2D eigenvalue weighted by atomic mass is 35.5. The molecule has 2 N–H and O–H groups in total. The van der Waals surface area contributed by atoms with Gasteiger partial charge >= 0.3 is 0 Å². The number of halogens is 1. The van der Waals surface area contributed by atoms with Crippen molar-refractivity contribution in [2.75, 3.05) is 13.7 Å². The molecule has 1 rings (SSSR count). The number of hydrogen-bond donors (Lipinski definition) is 1. The van der Waals surface area contributed by atoms with Crippen molar-refractivity contribution in [1.82, 2.24) is 0 Å². The number of rotatable bonds is 5. The van der Waals surface area contributed by atoms with Gasteiger partial charge in [0.2, 0.25) is 0 Å². The van der Waals surface area contributed by atoms with E-state index in [1.54, 1.807) is 7.11 Å². The molecule has 0 aromatic heterocycles. The Morgan fingerprint density at radius 2 is 2.18 bits per heavy atom. The lowest BCUT2D eigenvalue weighted by molar-refractivity contribution is 0.414. The molecule has 0 atom stereocenters. The zero-order chi connectivity index (χ0) is 12.8. The first-order chi connectivity index (χ1) is 8.10. The Balaban J connectivity index is 2.98. The molecule has 0 bridgehead atoms. The lowest BCUT2D eigenvalue weighted by Crippen LogP contribution is -1.97. The highest BCUT2D eigenvalue weighted by Gasteiger charge is 2.07. The standard InChI is InChI=1S/C14H20ClNO/c1-10(6-4-5-7-16)12-9-13(15)14(17-3)8-11(12)2/h6,8-9H,4-5,7,16H2,1-3H3/b10-6+. The third-order valence-electron chi connectivity index (χ3n) is 2.78. The lowest BCUT2D eigenvalue weighted by atomic mass is 10.0. The molecule has 0 aliphatic carbocycles. The molecule has 0 aliphatic rings.